The minimum Gasteiger partial charge on any atom is -0.469 e. The van der Waals surface area contributed by atoms with Gasteiger partial charge in [0.25, 0.3) is 0 Å². The van der Waals surface area contributed by atoms with Crippen molar-refractivity contribution in [2.24, 2.45) is 7.05 Å². The first-order valence-electron chi connectivity index (χ1n) is 10.3. The second-order valence-electron chi connectivity index (χ2n) is 7.51. The van der Waals surface area contributed by atoms with E-state index in [1.165, 1.54) is 11.8 Å². The Balaban J connectivity index is 1.40. The number of carbonyl (C=O) groups excluding carboxylic acids is 1. The smallest absolute Gasteiger partial charge is 0.238 e. The zero-order chi connectivity index (χ0) is 22.1. The van der Waals surface area contributed by atoms with Gasteiger partial charge in [-0.25, -0.2) is 0 Å². The Morgan fingerprint density at radius 3 is 2.69 bits per heavy atom. The van der Waals surface area contributed by atoms with Gasteiger partial charge in [-0.3, -0.25) is 4.79 Å². The molecule has 3 heterocycles. The van der Waals surface area contributed by atoms with Gasteiger partial charge in [0.15, 0.2) is 11.0 Å². The molecule has 0 bridgehead atoms. The van der Waals surface area contributed by atoms with E-state index >= 15 is 0 Å². The van der Waals surface area contributed by atoms with Gasteiger partial charge in [0.1, 0.15) is 5.76 Å². The number of rotatable bonds is 5. The monoisotopic (exact) mass is 462 g/mol. The Morgan fingerprint density at radius 2 is 1.91 bits per heavy atom. The maximum absolute atomic E-state index is 13.5. The molecule has 162 valence electrons. The predicted octanol–water partition coefficient (Wildman–Crippen LogP) is 5.36. The highest BCUT2D eigenvalue weighted by molar-refractivity contribution is 8.00. The summed E-state index contributed by atoms with van der Waals surface area (Å²) in [6.45, 7) is 1.90. The van der Waals surface area contributed by atoms with Crippen LogP contribution in [0.25, 0.3) is 11.4 Å². The second kappa shape index (κ2) is 8.88. The first-order valence-corrected chi connectivity index (χ1v) is 12.3. The van der Waals surface area contributed by atoms with Crippen LogP contribution in [0.3, 0.4) is 0 Å². The van der Waals surface area contributed by atoms with E-state index in [0.717, 1.165) is 39.0 Å². The number of aromatic nitrogens is 3. The van der Waals surface area contributed by atoms with Gasteiger partial charge in [0, 0.05) is 17.7 Å². The standard InChI is InChI=1S/C24H22N4O2S2/c1-16-18(12-13-30-16)23-25-26-24(27(23)2)32-15-22(29)28-19-10-6-7-11-21(19)31-14-20(28)17-8-4-3-5-9-17/h3-13,20H,14-15H2,1-2H3/t20-/m0/s1. The number of hydrogen-bond donors (Lipinski definition) is 0. The highest BCUT2D eigenvalue weighted by Gasteiger charge is 2.32. The van der Waals surface area contributed by atoms with Crippen molar-refractivity contribution in [1.82, 2.24) is 14.8 Å². The van der Waals surface area contributed by atoms with Crippen molar-refractivity contribution in [3.05, 3.63) is 78.3 Å². The highest BCUT2D eigenvalue weighted by Crippen LogP contribution is 2.43. The Bertz CT molecular complexity index is 1250. The van der Waals surface area contributed by atoms with Crippen LogP contribution in [0.5, 0.6) is 0 Å². The van der Waals surface area contributed by atoms with E-state index in [1.807, 2.05) is 65.9 Å². The maximum Gasteiger partial charge on any atom is 0.238 e. The lowest BCUT2D eigenvalue weighted by Gasteiger charge is -2.37. The largest absolute Gasteiger partial charge is 0.469 e. The number of thioether (sulfide) groups is 2. The number of fused-ring (bicyclic) bond motifs is 1. The summed E-state index contributed by atoms with van der Waals surface area (Å²) in [6, 6.07) is 20.2. The summed E-state index contributed by atoms with van der Waals surface area (Å²) in [5, 5.41) is 9.32. The third-order valence-electron chi connectivity index (χ3n) is 5.55. The number of anilines is 1. The Hall–Kier alpha value is -2.97. The maximum atomic E-state index is 13.5. The lowest BCUT2D eigenvalue weighted by atomic mass is 10.1. The quantitative estimate of drug-likeness (QED) is 0.372. The summed E-state index contributed by atoms with van der Waals surface area (Å²) in [4.78, 5) is 16.6. The van der Waals surface area contributed by atoms with E-state index in [4.69, 9.17) is 4.42 Å². The molecule has 0 N–H and O–H groups in total. The van der Waals surface area contributed by atoms with Crippen molar-refractivity contribution in [3.8, 4) is 11.4 Å². The molecule has 2 aromatic carbocycles. The number of aryl methyl sites for hydroxylation is 1. The van der Waals surface area contributed by atoms with Crippen molar-refractivity contribution in [2.75, 3.05) is 16.4 Å². The third-order valence-corrected chi connectivity index (χ3v) is 7.69. The lowest BCUT2D eigenvalue weighted by Crippen LogP contribution is -2.39. The topological polar surface area (TPSA) is 64.2 Å². The number of benzene rings is 2. The second-order valence-corrected chi connectivity index (χ2v) is 9.52. The SMILES string of the molecule is Cc1occc1-c1nnc(SCC(=O)N2c3ccccc3SC[C@H]2c2ccccc2)n1C. The summed E-state index contributed by atoms with van der Waals surface area (Å²) in [5.74, 6) is 2.68. The molecule has 1 amide bonds. The van der Waals surface area contributed by atoms with Crippen LogP contribution in [0.2, 0.25) is 0 Å². The molecular weight excluding hydrogens is 440 g/mol. The fourth-order valence-corrected chi connectivity index (χ4v) is 5.84. The van der Waals surface area contributed by atoms with Crippen molar-refractivity contribution in [1.29, 1.82) is 0 Å². The van der Waals surface area contributed by atoms with E-state index in [0.29, 0.717) is 5.16 Å². The molecule has 6 nitrogen and oxygen atoms in total. The fraction of sp³-hybridized carbons (Fsp3) is 0.208. The van der Waals surface area contributed by atoms with Gasteiger partial charge in [-0.2, -0.15) is 0 Å². The molecule has 1 aliphatic rings. The van der Waals surface area contributed by atoms with Gasteiger partial charge in [0.2, 0.25) is 5.91 Å². The van der Waals surface area contributed by atoms with Crippen LogP contribution in [-0.2, 0) is 11.8 Å². The fourth-order valence-electron chi connectivity index (χ4n) is 3.91. The zero-order valence-corrected chi connectivity index (χ0v) is 19.4. The summed E-state index contributed by atoms with van der Waals surface area (Å²) in [5.41, 5.74) is 3.02. The van der Waals surface area contributed by atoms with E-state index < -0.39 is 0 Å². The average molecular weight is 463 g/mol. The highest BCUT2D eigenvalue weighted by atomic mass is 32.2. The molecule has 32 heavy (non-hydrogen) atoms. The van der Waals surface area contributed by atoms with Crippen LogP contribution in [0.15, 0.2) is 81.4 Å². The number of amides is 1. The number of para-hydroxylation sites is 1. The van der Waals surface area contributed by atoms with Crippen molar-refractivity contribution >= 4 is 35.1 Å². The van der Waals surface area contributed by atoms with E-state index in [-0.39, 0.29) is 17.7 Å². The Labute approximate surface area is 195 Å². The van der Waals surface area contributed by atoms with E-state index in [9.17, 15) is 4.79 Å². The molecule has 4 aromatic rings. The summed E-state index contributed by atoms with van der Waals surface area (Å²) in [6.07, 6.45) is 1.64. The molecule has 8 heteroatoms. The van der Waals surface area contributed by atoms with Crippen LogP contribution < -0.4 is 4.90 Å². The number of carbonyl (C=O) groups is 1. The van der Waals surface area contributed by atoms with Crippen molar-refractivity contribution in [2.45, 2.75) is 23.0 Å². The molecule has 1 atom stereocenters. The molecule has 1 aliphatic heterocycles. The molecule has 0 saturated heterocycles. The molecule has 0 radical (unpaired) electrons. The predicted molar refractivity (Wildman–Crippen MR) is 128 cm³/mol. The van der Waals surface area contributed by atoms with Gasteiger partial charge >= 0.3 is 0 Å². The molecule has 0 aliphatic carbocycles. The van der Waals surface area contributed by atoms with Crippen LogP contribution in [-0.4, -0.2) is 32.2 Å². The Kier molecular flexibility index (Phi) is 5.80. The molecule has 5 rings (SSSR count). The zero-order valence-electron chi connectivity index (χ0n) is 17.8. The molecule has 0 unspecified atom stereocenters. The number of hydrogen-bond acceptors (Lipinski definition) is 6. The van der Waals surface area contributed by atoms with Crippen molar-refractivity contribution in [3.63, 3.8) is 0 Å². The van der Waals surface area contributed by atoms with Gasteiger partial charge < -0.3 is 13.9 Å². The van der Waals surface area contributed by atoms with Crippen LogP contribution >= 0.6 is 23.5 Å². The van der Waals surface area contributed by atoms with Crippen LogP contribution in [0.4, 0.5) is 5.69 Å². The molecule has 0 spiro atoms. The van der Waals surface area contributed by atoms with E-state index in [1.54, 1.807) is 18.0 Å². The van der Waals surface area contributed by atoms with Gasteiger partial charge in [-0.05, 0) is 30.7 Å². The lowest BCUT2D eigenvalue weighted by molar-refractivity contribution is -0.116. The molecular formula is C24H22N4O2S2. The van der Waals surface area contributed by atoms with Gasteiger partial charge in [0.05, 0.1) is 29.3 Å². The summed E-state index contributed by atoms with van der Waals surface area (Å²) in [7, 11) is 1.91. The molecule has 0 fully saturated rings. The average Bonchev–Trinajstić information content (AvgIpc) is 3.41. The van der Waals surface area contributed by atoms with Crippen LogP contribution in [0.1, 0.15) is 17.4 Å². The third kappa shape index (κ3) is 3.84. The number of nitrogens with zero attached hydrogens (tertiary/aromatic N) is 4. The molecule has 0 saturated carbocycles. The first kappa shape index (κ1) is 20.9. The van der Waals surface area contributed by atoms with Crippen LogP contribution in [0, 0.1) is 6.92 Å². The molecule has 2 aromatic heterocycles. The van der Waals surface area contributed by atoms with Crippen molar-refractivity contribution < 1.29 is 9.21 Å². The summed E-state index contributed by atoms with van der Waals surface area (Å²) >= 11 is 3.20. The first-order chi connectivity index (χ1) is 15.6. The van der Waals surface area contributed by atoms with Gasteiger partial charge in [-0.1, -0.05) is 54.2 Å². The van der Waals surface area contributed by atoms with E-state index in [2.05, 4.69) is 28.4 Å². The van der Waals surface area contributed by atoms with Gasteiger partial charge in [-0.15, -0.1) is 22.0 Å². The Morgan fingerprint density at radius 1 is 1.12 bits per heavy atom. The normalized spacial score (nSPS) is 15.6. The summed E-state index contributed by atoms with van der Waals surface area (Å²) < 4.78 is 7.30. The minimum atomic E-state index is -0.00663. The number of furan rings is 1. The minimum absolute atomic E-state index is 0.00663.